The van der Waals surface area contributed by atoms with Gasteiger partial charge in [0.1, 0.15) is 12.4 Å². The molecule has 19 heavy (non-hydrogen) atoms. The zero-order chi connectivity index (χ0) is 14.1. The molecule has 104 valence electrons. The maximum atomic E-state index is 11.0. The number of nitrogens with two attached hydrogens (primary N) is 1. The second-order valence-electron chi connectivity index (χ2n) is 3.92. The first-order valence-electron chi connectivity index (χ1n) is 6.10. The van der Waals surface area contributed by atoms with E-state index in [2.05, 4.69) is 5.32 Å². The minimum atomic E-state index is -0.321. The van der Waals surface area contributed by atoms with Gasteiger partial charge < -0.3 is 20.5 Å². The number of hydrogen-bond donors (Lipinski definition) is 2. The average Bonchev–Trinajstić information content (AvgIpc) is 2.39. The first-order valence-corrected chi connectivity index (χ1v) is 6.10. The van der Waals surface area contributed by atoms with Gasteiger partial charge in [0.25, 0.3) is 0 Å². The topological polar surface area (TPSA) is 73.6 Å². The van der Waals surface area contributed by atoms with Crippen LogP contribution in [0.2, 0.25) is 0 Å². The standard InChI is InChI=1S/C14H20N2O3/c1-3-4-14(17)19-8-7-16-10-11-5-6-13(18-2)12(15)9-11/h3-6,9,16H,7-8,10,15H2,1-2H3/b4-3+. The Morgan fingerprint density at radius 3 is 2.89 bits per heavy atom. The summed E-state index contributed by atoms with van der Waals surface area (Å²) >= 11 is 0. The summed E-state index contributed by atoms with van der Waals surface area (Å²) in [5.74, 6) is 0.349. The van der Waals surface area contributed by atoms with Crippen LogP contribution in [0.15, 0.2) is 30.4 Å². The fourth-order valence-electron chi connectivity index (χ4n) is 1.53. The molecule has 0 fully saturated rings. The maximum absolute atomic E-state index is 11.0. The fraction of sp³-hybridized carbons (Fsp3) is 0.357. The highest BCUT2D eigenvalue weighted by Gasteiger charge is 2.00. The van der Waals surface area contributed by atoms with Gasteiger partial charge in [-0.15, -0.1) is 0 Å². The molecular formula is C14H20N2O3. The summed E-state index contributed by atoms with van der Waals surface area (Å²) in [5, 5.41) is 3.17. The van der Waals surface area contributed by atoms with E-state index in [1.54, 1.807) is 20.1 Å². The summed E-state index contributed by atoms with van der Waals surface area (Å²) in [6.45, 7) is 3.37. The molecule has 1 rings (SSSR count). The van der Waals surface area contributed by atoms with Crippen LogP contribution in [0.4, 0.5) is 5.69 Å². The number of esters is 1. The van der Waals surface area contributed by atoms with Gasteiger partial charge >= 0.3 is 5.97 Å². The molecule has 0 aromatic heterocycles. The molecule has 0 atom stereocenters. The van der Waals surface area contributed by atoms with E-state index in [0.717, 1.165) is 5.56 Å². The molecule has 0 saturated heterocycles. The van der Waals surface area contributed by atoms with Crippen molar-refractivity contribution in [1.82, 2.24) is 5.32 Å². The van der Waals surface area contributed by atoms with Crippen molar-refractivity contribution in [2.75, 3.05) is 26.0 Å². The minimum absolute atomic E-state index is 0.321. The Bertz CT molecular complexity index is 444. The Morgan fingerprint density at radius 1 is 1.47 bits per heavy atom. The highest BCUT2D eigenvalue weighted by molar-refractivity contribution is 5.81. The molecule has 3 N–H and O–H groups in total. The summed E-state index contributed by atoms with van der Waals surface area (Å²) in [7, 11) is 1.59. The van der Waals surface area contributed by atoms with Gasteiger partial charge in [-0.25, -0.2) is 4.79 Å². The van der Waals surface area contributed by atoms with Crippen LogP contribution in [0, 0.1) is 0 Å². The predicted molar refractivity (Wildman–Crippen MR) is 74.9 cm³/mol. The smallest absolute Gasteiger partial charge is 0.330 e. The molecule has 0 spiro atoms. The number of methoxy groups -OCH3 is 1. The summed E-state index contributed by atoms with van der Waals surface area (Å²) in [5.41, 5.74) is 7.47. The lowest BCUT2D eigenvalue weighted by molar-refractivity contribution is -0.137. The van der Waals surface area contributed by atoms with E-state index in [1.807, 2.05) is 18.2 Å². The SMILES string of the molecule is C/C=C/C(=O)OCCNCc1ccc(OC)c(N)c1. The molecule has 0 aliphatic heterocycles. The molecule has 0 aliphatic carbocycles. The van der Waals surface area contributed by atoms with E-state index < -0.39 is 0 Å². The van der Waals surface area contributed by atoms with Gasteiger partial charge in [-0.05, 0) is 24.6 Å². The molecule has 5 heteroatoms. The molecule has 0 unspecified atom stereocenters. The Balaban J connectivity index is 2.26. The third-order valence-corrected chi connectivity index (χ3v) is 2.45. The molecule has 0 radical (unpaired) electrons. The molecule has 0 aliphatic rings. The summed E-state index contributed by atoms with van der Waals surface area (Å²) < 4.78 is 10.0. The zero-order valence-corrected chi connectivity index (χ0v) is 11.3. The van der Waals surface area contributed by atoms with Crippen LogP contribution < -0.4 is 15.8 Å². The Labute approximate surface area is 113 Å². The van der Waals surface area contributed by atoms with E-state index in [-0.39, 0.29) is 5.97 Å². The first-order chi connectivity index (χ1) is 9.17. The van der Waals surface area contributed by atoms with Crippen LogP contribution in [0.5, 0.6) is 5.75 Å². The van der Waals surface area contributed by atoms with Gasteiger partial charge in [-0.2, -0.15) is 0 Å². The Kier molecular flexibility index (Phi) is 6.46. The molecular weight excluding hydrogens is 244 g/mol. The van der Waals surface area contributed by atoms with Crippen molar-refractivity contribution in [3.05, 3.63) is 35.9 Å². The van der Waals surface area contributed by atoms with E-state index in [0.29, 0.717) is 31.1 Å². The van der Waals surface area contributed by atoms with Crippen molar-refractivity contribution < 1.29 is 14.3 Å². The predicted octanol–water partition coefficient (Wildman–Crippen LogP) is 1.49. The van der Waals surface area contributed by atoms with Crippen molar-refractivity contribution in [1.29, 1.82) is 0 Å². The number of hydrogen-bond acceptors (Lipinski definition) is 5. The second-order valence-corrected chi connectivity index (χ2v) is 3.92. The third kappa shape index (κ3) is 5.44. The van der Waals surface area contributed by atoms with Gasteiger partial charge in [0.05, 0.1) is 12.8 Å². The number of nitrogen functional groups attached to an aromatic ring is 1. The highest BCUT2D eigenvalue weighted by Crippen LogP contribution is 2.21. The number of nitrogens with one attached hydrogen (secondary N) is 1. The normalized spacial score (nSPS) is 10.6. The van der Waals surface area contributed by atoms with Gasteiger partial charge in [0, 0.05) is 19.2 Å². The molecule has 1 aromatic rings. The van der Waals surface area contributed by atoms with E-state index in [1.165, 1.54) is 6.08 Å². The molecule has 0 bridgehead atoms. The monoisotopic (exact) mass is 264 g/mol. The lowest BCUT2D eigenvalue weighted by Crippen LogP contribution is -2.20. The van der Waals surface area contributed by atoms with Gasteiger partial charge in [-0.3, -0.25) is 0 Å². The van der Waals surface area contributed by atoms with Crippen molar-refractivity contribution in [2.45, 2.75) is 13.5 Å². The van der Waals surface area contributed by atoms with Gasteiger partial charge in [-0.1, -0.05) is 12.1 Å². The van der Waals surface area contributed by atoms with E-state index in [9.17, 15) is 4.79 Å². The summed E-state index contributed by atoms with van der Waals surface area (Å²) in [6, 6.07) is 5.63. The van der Waals surface area contributed by atoms with Gasteiger partial charge in [0.15, 0.2) is 0 Å². The van der Waals surface area contributed by atoms with Crippen molar-refractivity contribution >= 4 is 11.7 Å². The lowest BCUT2D eigenvalue weighted by atomic mass is 10.2. The molecule has 1 aromatic carbocycles. The van der Waals surface area contributed by atoms with Crippen molar-refractivity contribution in [2.24, 2.45) is 0 Å². The second kappa shape index (κ2) is 8.16. The Hall–Kier alpha value is -2.01. The number of benzene rings is 1. The quantitative estimate of drug-likeness (QED) is 0.338. The van der Waals surface area contributed by atoms with Crippen LogP contribution >= 0.6 is 0 Å². The van der Waals surface area contributed by atoms with Crippen LogP contribution in [-0.2, 0) is 16.1 Å². The number of allylic oxidation sites excluding steroid dienone is 1. The third-order valence-electron chi connectivity index (χ3n) is 2.45. The lowest BCUT2D eigenvalue weighted by Gasteiger charge is -2.08. The molecule has 0 saturated carbocycles. The van der Waals surface area contributed by atoms with E-state index in [4.69, 9.17) is 15.2 Å². The number of carbonyl (C=O) groups excluding carboxylic acids is 1. The minimum Gasteiger partial charge on any atom is -0.495 e. The largest absolute Gasteiger partial charge is 0.495 e. The first kappa shape index (κ1) is 15.0. The number of rotatable bonds is 7. The Morgan fingerprint density at radius 2 is 2.26 bits per heavy atom. The number of ether oxygens (including phenoxy) is 2. The van der Waals surface area contributed by atoms with E-state index >= 15 is 0 Å². The fourth-order valence-corrected chi connectivity index (χ4v) is 1.53. The van der Waals surface area contributed by atoms with Gasteiger partial charge in [0.2, 0.25) is 0 Å². The number of carbonyl (C=O) groups is 1. The maximum Gasteiger partial charge on any atom is 0.330 e. The van der Waals surface area contributed by atoms with Crippen LogP contribution in [0.1, 0.15) is 12.5 Å². The summed E-state index contributed by atoms with van der Waals surface area (Å²) in [4.78, 5) is 11.0. The molecule has 0 amide bonds. The summed E-state index contributed by atoms with van der Waals surface area (Å²) in [6.07, 6.45) is 3.04. The molecule has 5 nitrogen and oxygen atoms in total. The number of anilines is 1. The van der Waals surface area contributed by atoms with Crippen LogP contribution in [-0.4, -0.2) is 26.2 Å². The molecule has 0 heterocycles. The highest BCUT2D eigenvalue weighted by atomic mass is 16.5. The van der Waals surface area contributed by atoms with Crippen molar-refractivity contribution in [3.63, 3.8) is 0 Å². The van der Waals surface area contributed by atoms with Crippen molar-refractivity contribution in [3.8, 4) is 5.75 Å². The van der Waals surface area contributed by atoms with Crippen LogP contribution in [0.25, 0.3) is 0 Å². The average molecular weight is 264 g/mol. The van der Waals surface area contributed by atoms with Crippen LogP contribution in [0.3, 0.4) is 0 Å². The zero-order valence-electron chi connectivity index (χ0n) is 11.3.